The fraction of sp³-hybridized carbons (Fsp3) is 0.588. The van der Waals surface area contributed by atoms with Gasteiger partial charge < -0.3 is 15.1 Å². The number of carbonyl (C=O) groups is 1. The van der Waals surface area contributed by atoms with E-state index in [1.165, 1.54) is 25.3 Å². The Hall–Kier alpha value is -1.69. The highest BCUT2D eigenvalue weighted by Crippen LogP contribution is 2.22. The highest BCUT2D eigenvalue weighted by molar-refractivity contribution is 5.89. The standard InChI is InChI=1S/C17H23F2N3O/c18-13-6-7-16(15(19)11-13)20-17(23)22-10-4-5-14(22)12-21-8-2-1-3-9-21/h6-7,11,14H,1-5,8-10,12H2,(H,20,23)/t14-/m1/s1. The number of benzene rings is 1. The molecule has 2 aliphatic heterocycles. The van der Waals surface area contributed by atoms with E-state index in [1.54, 1.807) is 4.90 Å². The van der Waals surface area contributed by atoms with Crippen molar-refractivity contribution in [3.8, 4) is 0 Å². The predicted octanol–water partition coefficient (Wildman–Crippen LogP) is 3.45. The number of amides is 2. The Kier molecular flexibility index (Phi) is 5.10. The summed E-state index contributed by atoms with van der Waals surface area (Å²) in [6.45, 7) is 3.77. The van der Waals surface area contributed by atoms with Crippen LogP contribution in [0.25, 0.3) is 0 Å². The van der Waals surface area contributed by atoms with Gasteiger partial charge in [0.05, 0.1) is 5.69 Å². The summed E-state index contributed by atoms with van der Waals surface area (Å²) in [5.74, 6) is -1.39. The lowest BCUT2D eigenvalue weighted by Crippen LogP contribution is -2.46. The summed E-state index contributed by atoms with van der Waals surface area (Å²) in [6.07, 6.45) is 5.68. The van der Waals surface area contributed by atoms with E-state index in [0.717, 1.165) is 44.6 Å². The van der Waals surface area contributed by atoms with Gasteiger partial charge in [0.25, 0.3) is 0 Å². The fourth-order valence-electron chi connectivity index (χ4n) is 3.51. The quantitative estimate of drug-likeness (QED) is 0.925. The average Bonchev–Trinajstić information content (AvgIpc) is 2.99. The van der Waals surface area contributed by atoms with E-state index in [4.69, 9.17) is 0 Å². The van der Waals surface area contributed by atoms with Gasteiger partial charge in [-0.3, -0.25) is 0 Å². The summed E-state index contributed by atoms with van der Waals surface area (Å²) < 4.78 is 26.6. The van der Waals surface area contributed by atoms with E-state index in [9.17, 15) is 13.6 Å². The van der Waals surface area contributed by atoms with Crippen molar-refractivity contribution < 1.29 is 13.6 Å². The van der Waals surface area contributed by atoms with Crippen molar-refractivity contribution in [1.82, 2.24) is 9.80 Å². The molecular formula is C17H23F2N3O. The molecule has 3 rings (SSSR count). The number of likely N-dealkylation sites (tertiary alicyclic amines) is 2. The number of urea groups is 1. The molecule has 2 fully saturated rings. The van der Waals surface area contributed by atoms with Crippen LogP contribution in [0.2, 0.25) is 0 Å². The maximum Gasteiger partial charge on any atom is 0.322 e. The summed E-state index contributed by atoms with van der Waals surface area (Å²) in [5, 5.41) is 2.57. The van der Waals surface area contributed by atoms with E-state index in [0.29, 0.717) is 6.54 Å². The minimum absolute atomic E-state index is 0.0278. The lowest BCUT2D eigenvalue weighted by atomic mass is 10.1. The number of hydrogen-bond acceptors (Lipinski definition) is 2. The van der Waals surface area contributed by atoms with E-state index >= 15 is 0 Å². The third kappa shape index (κ3) is 3.99. The Balaban J connectivity index is 1.61. The molecule has 2 amide bonds. The third-order valence-corrected chi connectivity index (χ3v) is 4.73. The molecule has 1 aromatic carbocycles. The van der Waals surface area contributed by atoms with Crippen LogP contribution < -0.4 is 5.32 Å². The van der Waals surface area contributed by atoms with Crippen molar-refractivity contribution in [3.63, 3.8) is 0 Å². The Labute approximate surface area is 135 Å². The molecule has 23 heavy (non-hydrogen) atoms. The first kappa shape index (κ1) is 16.2. The number of anilines is 1. The molecule has 0 spiro atoms. The van der Waals surface area contributed by atoms with E-state index in [2.05, 4.69) is 10.2 Å². The first-order valence-electron chi connectivity index (χ1n) is 8.38. The highest BCUT2D eigenvalue weighted by Gasteiger charge is 2.30. The number of piperidine rings is 1. The molecule has 0 bridgehead atoms. The van der Waals surface area contributed by atoms with Crippen LogP contribution in [0.1, 0.15) is 32.1 Å². The second-order valence-corrected chi connectivity index (χ2v) is 6.41. The smallest absolute Gasteiger partial charge is 0.320 e. The van der Waals surface area contributed by atoms with Crippen LogP contribution in [-0.2, 0) is 0 Å². The van der Waals surface area contributed by atoms with Gasteiger partial charge in [0, 0.05) is 25.2 Å². The minimum Gasteiger partial charge on any atom is -0.320 e. The topological polar surface area (TPSA) is 35.6 Å². The van der Waals surface area contributed by atoms with Crippen molar-refractivity contribution in [1.29, 1.82) is 0 Å². The molecule has 0 saturated carbocycles. The fourth-order valence-corrected chi connectivity index (χ4v) is 3.51. The average molecular weight is 323 g/mol. The van der Waals surface area contributed by atoms with Gasteiger partial charge in [0.1, 0.15) is 11.6 Å². The van der Waals surface area contributed by atoms with Crippen LogP contribution in [0.15, 0.2) is 18.2 Å². The minimum atomic E-state index is -0.745. The molecule has 6 heteroatoms. The number of halogens is 2. The van der Waals surface area contributed by atoms with Crippen molar-refractivity contribution in [2.24, 2.45) is 0 Å². The summed E-state index contributed by atoms with van der Waals surface area (Å²) >= 11 is 0. The Morgan fingerprint density at radius 1 is 1.13 bits per heavy atom. The van der Waals surface area contributed by atoms with Gasteiger partial charge >= 0.3 is 6.03 Å². The van der Waals surface area contributed by atoms with E-state index in [1.807, 2.05) is 0 Å². The lowest BCUT2D eigenvalue weighted by molar-refractivity contribution is 0.161. The summed E-state index contributed by atoms with van der Waals surface area (Å²) in [7, 11) is 0. The van der Waals surface area contributed by atoms with Gasteiger partial charge in [-0.15, -0.1) is 0 Å². The molecule has 1 aromatic rings. The Morgan fingerprint density at radius 2 is 1.91 bits per heavy atom. The molecule has 0 radical (unpaired) electrons. The first-order valence-corrected chi connectivity index (χ1v) is 8.38. The van der Waals surface area contributed by atoms with Crippen LogP contribution in [0.3, 0.4) is 0 Å². The molecule has 0 aromatic heterocycles. The molecular weight excluding hydrogens is 300 g/mol. The molecule has 2 aliphatic rings. The summed E-state index contributed by atoms with van der Waals surface area (Å²) in [5.41, 5.74) is 0.0278. The largest absolute Gasteiger partial charge is 0.322 e. The number of carbonyl (C=O) groups excluding carboxylic acids is 1. The SMILES string of the molecule is O=C(Nc1ccc(F)cc1F)N1CCC[C@@H]1CN1CCCCC1. The molecule has 1 N–H and O–H groups in total. The molecule has 2 heterocycles. The van der Waals surface area contributed by atoms with Gasteiger partial charge in [-0.1, -0.05) is 6.42 Å². The highest BCUT2D eigenvalue weighted by atomic mass is 19.1. The van der Waals surface area contributed by atoms with Crippen LogP contribution >= 0.6 is 0 Å². The lowest BCUT2D eigenvalue weighted by Gasteiger charge is -2.33. The molecule has 2 saturated heterocycles. The Morgan fingerprint density at radius 3 is 2.65 bits per heavy atom. The van der Waals surface area contributed by atoms with E-state index < -0.39 is 11.6 Å². The van der Waals surface area contributed by atoms with Gasteiger partial charge in [-0.25, -0.2) is 13.6 Å². The molecule has 0 unspecified atom stereocenters. The van der Waals surface area contributed by atoms with Crippen LogP contribution in [0.4, 0.5) is 19.3 Å². The maximum atomic E-state index is 13.7. The first-order chi connectivity index (χ1) is 11.1. The van der Waals surface area contributed by atoms with Gasteiger partial charge in [0.15, 0.2) is 0 Å². The molecule has 1 atom stereocenters. The molecule has 126 valence electrons. The number of rotatable bonds is 3. The number of nitrogens with zero attached hydrogens (tertiary/aromatic N) is 2. The van der Waals surface area contributed by atoms with Crippen LogP contribution in [-0.4, -0.2) is 48.1 Å². The second kappa shape index (κ2) is 7.25. The second-order valence-electron chi connectivity index (χ2n) is 6.41. The Bertz CT molecular complexity index is 561. The summed E-state index contributed by atoms with van der Waals surface area (Å²) in [4.78, 5) is 16.6. The molecule has 0 aliphatic carbocycles. The zero-order chi connectivity index (χ0) is 16.2. The number of nitrogens with one attached hydrogen (secondary N) is 1. The van der Waals surface area contributed by atoms with Crippen molar-refractivity contribution in [2.45, 2.75) is 38.1 Å². The van der Waals surface area contributed by atoms with E-state index in [-0.39, 0.29) is 17.8 Å². The zero-order valence-electron chi connectivity index (χ0n) is 13.2. The molecule has 4 nitrogen and oxygen atoms in total. The van der Waals surface area contributed by atoms with Crippen LogP contribution in [0, 0.1) is 11.6 Å². The van der Waals surface area contributed by atoms with Gasteiger partial charge in [-0.2, -0.15) is 0 Å². The van der Waals surface area contributed by atoms with Crippen molar-refractivity contribution in [3.05, 3.63) is 29.8 Å². The summed E-state index contributed by atoms with van der Waals surface area (Å²) in [6, 6.07) is 3.07. The van der Waals surface area contributed by atoms with Gasteiger partial charge in [0.2, 0.25) is 0 Å². The normalized spacial score (nSPS) is 22.3. The van der Waals surface area contributed by atoms with Crippen molar-refractivity contribution >= 4 is 11.7 Å². The third-order valence-electron chi connectivity index (χ3n) is 4.73. The number of hydrogen-bond donors (Lipinski definition) is 1. The predicted molar refractivity (Wildman–Crippen MR) is 85.4 cm³/mol. The van der Waals surface area contributed by atoms with Gasteiger partial charge in [-0.05, 0) is 50.9 Å². The van der Waals surface area contributed by atoms with Crippen molar-refractivity contribution in [2.75, 3.05) is 31.5 Å². The monoisotopic (exact) mass is 323 g/mol. The zero-order valence-corrected chi connectivity index (χ0v) is 13.2. The maximum absolute atomic E-state index is 13.7. The van der Waals surface area contributed by atoms with Crippen LogP contribution in [0.5, 0.6) is 0 Å².